The zero-order valence-electron chi connectivity index (χ0n) is 9.53. The van der Waals surface area contributed by atoms with Gasteiger partial charge in [0.2, 0.25) is 0 Å². The fourth-order valence-electron chi connectivity index (χ4n) is 2.48. The SMILES string of the molecule is CN.Clc1ccccc1OC1CC2CC2C1. The Bertz CT molecular complexity index is 346. The molecule has 0 bridgehead atoms. The molecular formula is C13H18ClNO. The third-order valence-electron chi connectivity index (χ3n) is 3.33. The van der Waals surface area contributed by atoms with E-state index in [4.69, 9.17) is 16.3 Å². The van der Waals surface area contributed by atoms with Crippen molar-refractivity contribution in [1.82, 2.24) is 0 Å². The van der Waals surface area contributed by atoms with Crippen molar-refractivity contribution >= 4 is 11.6 Å². The van der Waals surface area contributed by atoms with Gasteiger partial charge in [-0.25, -0.2) is 0 Å². The molecule has 0 saturated heterocycles. The molecule has 0 aliphatic heterocycles. The number of benzene rings is 1. The molecule has 3 heteroatoms. The molecule has 3 rings (SSSR count). The molecule has 2 N–H and O–H groups in total. The molecule has 2 atom stereocenters. The smallest absolute Gasteiger partial charge is 0.138 e. The molecule has 2 nitrogen and oxygen atoms in total. The van der Waals surface area contributed by atoms with Crippen molar-refractivity contribution in [2.24, 2.45) is 17.6 Å². The Kier molecular flexibility index (Phi) is 3.72. The van der Waals surface area contributed by atoms with E-state index in [1.54, 1.807) is 0 Å². The van der Waals surface area contributed by atoms with E-state index in [9.17, 15) is 0 Å². The number of para-hydroxylation sites is 1. The lowest BCUT2D eigenvalue weighted by Gasteiger charge is -2.15. The van der Waals surface area contributed by atoms with E-state index in [1.807, 2.05) is 24.3 Å². The number of ether oxygens (including phenoxy) is 1. The molecule has 2 aliphatic carbocycles. The largest absolute Gasteiger partial charge is 0.489 e. The zero-order chi connectivity index (χ0) is 11.5. The first kappa shape index (κ1) is 11.7. The molecule has 0 aromatic heterocycles. The molecule has 16 heavy (non-hydrogen) atoms. The summed E-state index contributed by atoms with van der Waals surface area (Å²) in [7, 11) is 1.50. The van der Waals surface area contributed by atoms with Crippen LogP contribution in [0.3, 0.4) is 0 Å². The van der Waals surface area contributed by atoms with Crippen LogP contribution in [0.5, 0.6) is 5.75 Å². The Hall–Kier alpha value is -0.730. The van der Waals surface area contributed by atoms with Gasteiger partial charge < -0.3 is 10.5 Å². The van der Waals surface area contributed by atoms with Gasteiger partial charge >= 0.3 is 0 Å². The van der Waals surface area contributed by atoms with Crippen molar-refractivity contribution in [2.75, 3.05) is 7.05 Å². The summed E-state index contributed by atoms with van der Waals surface area (Å²) in [4.78, 5) is 0. The first-order chi connectivity index (χ1) is 7.83. The first-order valence-corrected chi connectivity index (χ1v) is 6.19. The van der Waals surface area contributed by atoms with Gasteiger partial charge in [-0.15, -0.1) is 0 Å². The molecule has 0 spiro atoms. The van der Waals surface area contributed by atoms with Gasteiger partial charge in [0.05, 0.1) is 11.1 Å². The molecular weight excluding hydrogens is 222 g/mol. The summed E-state index contributed by atoms with van der Waals surface area (Å²) in [6.07, 6.45) is 4.31. The molecule has 2 aliphatic rings. The lowest BCUT2D eigenvalue weighted by molar-refractivity contribution is 0.194. The zero-order valence-corrected chi connectivity index (χ0v) is 10.3. The minimum Gasteiger partial charge on any atom is -0.489 e. The number of rotatable bonds is 2. The Labute approximate surface area is 102 Å². The van der Waals surface area contributed by atoms with Gasteiger partial charge in [0.15, 0.2) is 0 Å². The van der Waals surface area contributed by atoms with Gasteiger partial charge in [-0.3, -0.25) is 0 Å². The summed E-state index contributed by atoms with van der Waals surface area (Å²) in [6, 6.07) is 7.73. The average Bonchev–Trinajstić information content (AvgIpc) is 2.93. The molecule has 0 radical (unpaired) electrons. The topological polar surface area (TPSA) is 35.2 Å². The van der Waals surface area contributed by atoms with Crippen molar-refractivity contribution in [2.45, 2.75) is 25.4 Å². The predicted octanol–water partition coefficient (Wildman–Crippen LogP) is 3.09. The maximum atomic E-state index is 6.03. The fourth-order valence-corrected chi connectivity index (χ4v) is 2.66. The van der Waals surface area contributed by atoms with Crippen LogP contribution in [-0.4, -0.2) is 13.2 Å². The second-order valence-electron chi connectivity index (χ2n) is 4.40. The summed E-state index contributed by atoms with van der Waals surface area (Å²) in [5.41, 5.74) is 4.50. The second-order valence-corrected chi connectivity index (χ2v) is 4.80. The van der Waals surface area contributed by atoms with Crippen molar-refractivity contribution in [3.8, 4) is 5.75 Å². The summed E-state index contributed by atoms with van der Waals surface area (Å²) in [6.45, 7) is 0. The third kappa shape index (κ3) is 2.50. The number of nitrogens with two attached hydrogens (primary N) is 1. The van der Waals surface area contributed by atoms with Crippen molar-refractivity contribution in [3.05, 3.63) is 29.3 Å². The van der Waals surface area contributed by atoms with Crippen LogP contribution < -0.4 is 10.5 Å². The van der Waals surface area contributed by atoms with E-state index in [-0.39, 0.29) is 0 Å². The second kappa shape index (κ2) is 5.07. The van der Waals surface area contributed by atoms with Gasteiger partial charge in [-0.2, -0.15) is 0 Å². The van der Waals surface area contributed by atoms with Crippen molar-refractivity contribution in [1.29, 1.82) is 0 Å². The van der Waals surface area contributed by atoms with Gasteiger partial charge in [0, 0.05) is 0 Å². The van der Waals surface area contributed by atoms with Crippen LogP contribution in [0, 0.1) is 11.8 Å². The van der Waals surface area contributed by atoms with Gasteiger partial charge in [0.25, 0.3) is 0 Å². The van der Waals surface area contributed by atoms with Crippen LogP contribution >= 0.6 is 11.6 Å². The summed E-state index contributed by atoms with van der Waals surface area (Å²) >= 11 is 6.03. The van der Waals surface area contributed by atoms with E-state index in [1.165, 1.54) is 26.3 Å². The molecule has 2 saturated carbocycles. The van der Waals surface area contributed by atoms with Crippen molar-refractivity contribution < 1.29 is 4.74 Å². The monoisotopic (exact) mass is 239 g/mol. The number of halogens is 1. The summed E-state index contributed by atoms with van der Waals surface area (Å²) in [5.74, 6) is 2.77. The maximum Gasteiger partial charge on any atom is 0.138 e. The predicted molar refractivity (Wildman–Crippen MR) is 66.8 cm³/mol. The van der Waals surface area contributed by atoms with Crippen LogP contribution in [0.4, 0.5) is 0 Å². The standard InChI is InChI=1S/C12H13ClO.CH5N/c13-11-3-1-2-4-12(11)14-10-6-8-5-9(8)7-10;1-2/h1-4,8-10H,5-7H2;2H2,1H3. The van der Waals surface area contributed by atoms with E-state index in [2.05, 4.69) is 5.73 Å². The molecule has 2 unspecified atom stereocenters. The van der Waals surface area contributed by atoms with Crippen LogP contribution in [0.1, 0.15) is 19.3 Å². The highest BCUT2D eigenvalue weighted by Crippen LogP contribution is 2.52. The molecule has 0 amide bonds. The first-order valence-electron chi connectivity index (χ1n) is 5.82. The maximum absolute atomic E-state index is 6.03. The minimum absolute atomic E-state index is 0.415. The Morgan fingerprint density at radius 3 is 2.38 bits per heavy atom. The van der Waals surface area contributed by atoms with Gasteiger partial charge in [-0.1, -0.05) is 23.7 Å². The highest BCUT2D eigenvalue weighted by atomic mass is 35.5. The van der Waals surface area contributed by atoms with Crippen LogP contribution in [0.2, 0.25) is 5.02 Å². The number of hydrogen-bond donors (Lipinski definition) is 1. The minimum atomic E-state index is 0.415. The lowest BCUT2D eigenvalue weighted by atomic mass is 10.2. The normalized spacial score (nSPS) is 30.1. The summed E-state index contributed by atoms with van der Waals surface area (Å²) < 4.78 is 5.87. The molecule has 88 valence electrons. The van der Waals surface area contributed by atoms with Gasteiger partial charge in [-0.05, 0) is 50.3 Å². The Balaban J connectivity index is 0.000000457. The fraction of sp³-hybridized carbons (Fsp3) is 0.538. The molecule has 1 aromatic rings. The Morgan fingerprint density at radius 1 is 1.12 bits per heavy atom. The third-order valence-corrected chi connectivity index (χ3v) is 3.64. The van der Waals surface area contributed by atoms with E-state index in [0.29, 0.717) is 6.10 Å². The average molecular weight is 240 g/mol. The van der Waals surface area contributed by atoms with Crippen LogP contribution in [0.25, 0.3) is 0 Å². The highest BCUT2D eigenvalue weighted by molar-refractivity contribution is 6.32. The Morgan fingerprint density at radius 2 is 1.75 bits per heavy atom. The van der Waals surface area contributed by atoms with E-state index >= 15 is 0 Å². The van der Waals surface area contributed by atoms with Gasteiger partial charge in [0.1, 0.15) is 5.75 Å². The van der Waals surface area contributed by atoms with Crippen molar-refractivity contribution in [3.63, 3.8) is 0 Å². The van der Waals surface area contributed by atoms with E-state index in [0.717, 1.165) is 22.6 Å². The van der Waals surface area contributed by atoms with Crippen LogP contribution in [-0.2, 0) is 0 Å². The highest BCUT2D eigenvalue weighted by Gasteiger charge is 2.46. The number of fused-ring (bicyclic) bond motifs is 1. The number of hydrogen-bond acceptors (Lipinski definition) is 2. The summed E-state index contributed by atoms with van der Waals surface area (Å²) in [5, 5.41) is 0.730. The van der Waals surface area contributed by atoms with Crippen LogP contribution in [0.15, 0.2) is 24.3 Å². The molecule has 1 aromatic carbocycles. The molecule has 2 fully saturated rings. The lowest BCUT2D eigenvalue weighted by Crippen LogP contribution is -2.13. The molecule has 0 heterocycles. The van der Waals surface area contributed by atoms with E-state index < -0.39 is 0 Å². The quantitative estimate of drug-likeness (QED) is 0.861.